The van der Waals surface area contributed by atoms with Crippen LogP contribution in [0.2, 0.25) is 0 Å². The third-order valence-electron chi connectivity index (χ3n) is 3.00. The maximum absolute atomic E-state index is 5.90. The summed E-state index contributed by atoms with van der Waals surface area (Å²) in [5.74, 6) is 0. The summed E-state index contributed by atoms with van der Waals surface area (Å²) in [6, 6.07) is 8.58. The van der Waals surface area contributed by atoms with Gasteiger partial charge < -0.3 is 15.4 Å². The third kappa shape index (κ3) is 3.60. The molecule has 2 N–H and O–H groups in total. The Kier molecular flexibility index (Phi) is 5.25. The van der Waals surface area contributed by atoms with Gasteiger partial charge in [-0.2, -0.15) is 0 Å². The second-order valence-corrected chi connectivity index (χ2v) is 4.51. The average Bonchev–Trinajstić information content (AvgIpc) is 2.29. The Hall–Kier alpha value is -0.770. The second kappa shape index (κ2) is 6.24. The summed E-state index contributed by atoms with van der Waals surface area (Å²) in [4.78, 5) is 2.36. The van der Waals surface area contributed by atoms with E-state index in [9.17, 15) is 0 Å². The molecular weight excluding hydrogens is 236 g/mol. The summed E-state index contributed by atoms with van der Waals surface area (Å²) in [5.41, 5.74) is 8.34. The summed E-state index contributed by atoms with van der Waals surface area (Å²) in [7, 11) is 0. The number of anilines is 1. The first kappa shape index (κ1) is 14.3. The Bertz CT molecular complexity index is 357. The van der Waals surface area contributed by atoms with Gasteiger partial charge in [0.1, 0.15) is 0 Å². The molecule has 1 aromatic carbocycles. The molecule has 2 rings (SSSR count). The summed E-state index contributed by atoms with van der Waals surface area (Å²) < 4.78 is 5.54. The minimum atomic E-state index is 0. The van der Waals surface area contributed by atoms with Gasteiger partial charge in [0.05, 0.1) is 12.7 Å². The molecule has 0 aliphatic carbocycles. The number of benzene rings is 1. The van der Waals surface area contributed by atoms with E-state index in [4.69, 9.17) is 10.5 Å². The van der Waals surface area contributed by atoms with Crippen molar-refractivity contribution in [3.05, 3.63) is 29.8 Å². The maximum Gasteiger partial charge on any atom is 0.0722 e. The number of morpholine rings is 1. The summed E-state index contributed by atoms with van der Waals surface area (Å²) in [5, 5.41) is 0. The Morgan fingerprint density at radius 1 is 1.47 bits per heavy atom. The van der Waals surface area contributed by atoms with Crippen molar-refractivity contribution in [1.82, 2.24) is 0 Å². The van der Waals surface area contributed by atoms with Crippen LogP contribution in [0.25, 0.3) is 0 Å². The van der Waals surface area contributed by atoms with E-state index in [0.29, 0.717) is 6.10 Å². The Balaban J connectivity index is 0.00000144. The largest absolute Gasteiger partial charge is 0.375 e. The topological polar surface area (TPSA) is 38.5 Å². The zero-order chi connectivity index (χ0) is 11.5. The number of ether oxygens (including phenoxy) is 1. The molecule has 0 radical (unpaired) electrons. The zero-order valence-corrected chi connectivity index (χ0v) is 11.2. The van der Waals surface area contributed by atoms with Gasteiger partial charge in [-0.1, -0.05) is 12.1 Å². The Labute approximate surface area is 109 Å². The molecule has 0 aromatic heterocycles. The highest BCUT2D eigenvalue weighted by molar-refractivity contribution is 5.85. The monoisotopic (exact) mass is 256 g/mol. The molecule has 3 nitrogen and oxygen atoms in total. The molecule has 4 heteroatoms. The fourth-order valence-electron chi connectivity index (χ4n) is 2.06. The van der Waals surface area contributed by atoms with Gasteiger partial charge in [0.15, 0.2) is 0 Å². The summed E-state index contributed by atoms with van der Waals surface area (Å²) in [6.45, 7) is 6.86. The molecule has 1 fully saturated rings. The lowest BCUT2D eigenvalue weighted by molar-refractivity contribution is 0.0532. The molecule has 1 aliphatic heterocycles. The maximum atomic E-state index is 5.90. The van der Waals surface area contributed by atoms with Crippen molar-refractivity contribution < 1.29 is 4.74 Å². The third-order valence-corrected chi connectivity index (χ3v) is 3.00. The van der Waals surface area contributed by atoms with E-state index in [1.165, 1.54) is 11.3 Å². The van der Waals surface area contributed by atoms with Crippen LogP contribution in [-0.4, -0.2) is 25.8 Å². The van der Waals surface area contributed by atoms with Crippen LogP contribution in [0, 0.1) is 0 Å². The predicted molar refractivity (Wildman–Crippen MR) is 73.9 cm³/mol. The summed E-state index contributed by atoms with van der Waals surface area (Å²) in [6.07, 6.45) is 0.313. The molecule has 1 unspecified atom stereocenters. The molecular formula is C13H21ClN2O. The van der Waals surface area contributed by atoms with Gasteiger partial charge in [-0.15, -0.1) is 12.4 Å². The van der Waals surface area contributed by atoms with Crippen molar-refractivity contribution in [1.29, 1.82) is 0 Å². The number of nitrogens with zero attached hydrogens (tertiary/aromatic N) is 1. The first-order valence-corrected chi connectivity index (χ1v) is 5.89. The van der Waals surface area contributed by atoms with Crippen molar-refractivity contribution >= 4 is 18.1 Å². The Morgan fingerprint density at radius 3 is 2.88 bits per heavy atom. The van der Waals surface area contributed by atoms with Crippen LogP contribution in [0.1, 0.15) is 25.5 Å². The molecule has 1 saturated heterocycles. The molecule has 0 spiro atoms. The Morgan fingerprint density at radius 2 is 2.24 bits per heavy atom. The molecule has 0 bridgehead atoms. The van der Waals surface area contributed by atoms with Crippen LogP contribution < -0.4 is 10.6 Å². The molecule has 0 amide bonds. The van der Waals surface area contributed by atoms with Gasteiger partial charge in [0.2, 0.25) is 0 Å². The van der Waals surface area contributed by atoms with E-state index < -0.39 is 0 Å². The van der Waals surface area contributed by atoms with Crippen LogP contribution >= 0.6 is 12.4 Å². The van der Waals surface area contributed by atoms with Gasteiger partial charge >= 0.3 is 0 Å². The van der Waals surface area contributed by atoms with Crippen LogP contribution in [-0.2, 0) is 4.74 Å². The smallest absolute Gasteiger partial charge is 0.0722 e. The second-order valence-electron chi connectivity index (χ2n) is 4.51. The number of rotatable bonds is 2. The molecule has 1 heterocycles. The number of hydrogen-bond acceptors (Lipinski definition) is 3. The van der Waals surface area contributed by atoms with E-state index in [1.807, 2.05) is 6.92 Å². The lowest BCUT2D eigenvalue weighted by atomic mass is 10.1. The van der Waals surface area contributed by atoms with Gasteiger partial charge in [0, 0.05) is 24.8 Å². The highest BCUT2D eigenvalue weighted by Crippen LogP contribution is 2.21. The van der Waals surface area contributed by atoms with Crippen LogP contribution in [0.5, 0.6) is 0 Å². The van der Waals surface area contributed by atoms with Gasteiger partial charge in [-0.3, -0.25) is 0 Å². The minimum Gasteiger partial charge on any atom is -0.375 e. The number of hydrogen-bond donors (Lipinski definition) is 1. The fraction of sp³-hybridized carbons (Fsp3) is 0.538. The highest BCUT2D eigenvalue weighted by atomic mass is 35.5. The number of halogens is 1. The lowest BCUT2D eigenvalue weighted by Crippen LogP contribution is -2.41. The quantitative estimate of drug-likeness (QED) is 0.883. The van der Waals surface area contributed by atoms with E-state index in [-0.39, 0.29) is 18.4 Å². The lowest BCUT2D eigenvalue weighted by Gasteiger charge is -2.33. The van der Waals surface area contributed by atoms with Gasteiger partial charge in [-0.25, -0.2) is 0 Å². The van der Waals surface area contributed by atoms with Crippen LogP contribution in [0.15, 0.2) is 24.3 Å². The van der Waals surface area contributed by atoms with Gasteiger partial charge in [-0.05, 0) is 31.5 Å². The van der Waals surface area contributed by atoms with Gasteiger partial charge in [0.25, 0.3) is 0 Å². The summed E-state index contributed by atoms with van der Waals surface area (Å²) >= 11 is 0. The van der Waals surface area contributed by atoms with E-state index in [2.05, 4.69) is 36.1 Å². The zero-order valence-electron chi connectivity index (χ0n) is 10.4. The fourth-order valence-corrected chi connectivity index (χ4v) is 2.06. The standard InChI is InChI=1S/C13H20N2O.ClH/c1-10-9-15(6-7-16-10)13-5-3-4-12(8-13)11(2)14;/h3-5,8,10-11H,6-7,9,14H2,1-2H3;1H/t10?,11-;/m0./s1. The van der Waals surface area contributed by atoms with Crippen molar-refractivity contribution in [2.24, 2.45) is 5.73 Å². The van der Waals surface area contributed by atoms with E-state index >= 15 is 0 Å². The van der Waals surface area contributed by atoms with Crippen molar-refractivity contribution in [2.45, 2.75) is 26.0 Å². The minimum absolute atomic E-state index is 0. The predicted octanol–water partition coefficient (Wildman–Crippen LogP) is 2.35. The number of nitrogens with two attached hydrogens (primary N) is 1. The van der Waals surface area contributed by atoms with Crippen molar-refractivity contribution in [3.63, 3.8) is 0 Å². The van der Waals surface area contributed by atoms with Crippen LogP contribution in [0.3, 0.4) is 0 Å². The molecule has 0 saturated carbocycles. The van der Waals surface area contributed by atoms with E-state index in [0.717, 1.165) is 19.7 Å². The first-order valence-electron chi connectivity index (χ1n) is 5.89. The highest BCUT2D eigenvalue weighted by Gasteiger charge is 2.17. The average molecular weight is 257 g/mol. The SMILES string of the molecule is CC1CN(c2cccc([C@H](C)N)c2)CCO1.Cl. The normalized spacial score (nSPS) is 21.8. The molecule has 17 heavy (non-hydrogen) atoms. The van der Waals surface area contributed by atoms with Crippen molar-refractivity contribution in [2.75, 3.05) is 24.6 Å². The molecule has 96 valence electrons. The van der Waals surface area contributed by atoms with E-state index in [1.54, 1.807) is 0 Å². The molecule has 1 aliphatic rings. The van der Waals surface area contributed by atoms with Crippen molar-refractivity contribution in [3.8, 4) is 0 Å². The molecule has 1 aromatic rings. The van der Waals surface area contributed by atoms with Crippen LogP contribution in [0.4, 0.5) is 5.69 Å². The first-order chi connectivity index (χ1) is 7.66. The molecule has 2 atom stereocenters.